The van der Waals surface area contributed by atoms with Crippen LogP contribution in [0.25, 0.3) is 0 Å². The first-order valence-corrected chi connectivity index (χ1v) is 6.47. The number of benzene rings is 1. The van der Waals surface area contributed by atoms with Crippen LogP contribution >= 0.6 is 0 Å². The third-order valence-corrected chi connectivity index (χ3v) is 3.02. The van der Waals surface area contributed by atoms with Crippen molar-refractivity contribution >= 4 is 11.6 Å². The molecule has 0 spiro atoms. The molecule has 0 fully saturated rings. The van der Waals surface area contributed by atoms with E-state index in [-0.39, 0.29) is 12.5 Å². The predicted octanol–water partition coefficient (Wildman–Crippen LogP) is 1.13. The van der Waals surface area contributed by atoms with Crippen molar-refractivity contribution in [3.63, 3.8) is 0 Å². The number of amides is 1. The fourth-order valence-electron chi connectivity index (χ4n) is 1.75. The smallest absolute Gasteiger partial charge is 0.249 e. The minimum Gasteiger partial charge on any atom is -0.384 e. The number of carbonyl (C=O) groups excluding carboxylic acids is 1. The summed E-state index contributed by atoms with van der Waals surface area (Å²) in [4.78, 5) is 16.0. The van der Waals surface area contributed by atoms with Crippen LogP contribution in [0.2, 0.25) is 0 Å². The zero-order chi connectivity index (χ0) is 15.2. The van der Waals surface area contributed by atoms with Crippen molar-refractivity contribution in [2.45, 2.75) is 19.9 Å². The van der Waals surface area contributed by atoms with Crippen LogP contribution in [0.1, 0.15) is 24.1 Å². The highest BCUT2D eigenvalue weighted by Gasteiger charge is 2.15. The number of anilines is 1. The van der Waals surface area contributed by atoms with Gasteiger partial charge in [-0.15, -0.1) is 0 Å². The number of nitrogens with one attached hydrogen (secondary N) is 1. The van der Waals surface area contributed by atoms with E-state index in [0.717, 1.165) is 11.1 Å². The van der Waals surface area contributed by atoms with E-state index in [4.69, 9.17) is 5.11 Å². The number of aromatic nitrogens is 3. The van der Waals surface area contributed by atoms with Crippen LogP contribution in [-0.2, 0) is 4.79 Å². The highest BCUT2D eigenvalue weighted by molar-refractivity contribution is 5.93. The standard InChI is InChI=1S/C15H16N4O2/c1-11-5-6-14(8-13(11)4-3-7-20)18-15(21)12(2)19-10-16-9-17-19/h5-6,8-10,12,20H,7H2,1-2H3,(H,18,21). The minimum atomic E-state index is -0.458. The molecule has 0 aliphatic carbocycles. The maximum atomic E-state index is 12.1. The molecule has 21 heavy (non-hydrogen) atoms. The third-order valence-electron chi connectivity index (χ3n) is 3.02. The van der Waals surface area contributed by atoms with Crippen molar-refractivity contribution in [1.82, 2.24) is 14.8 Å². The first-order valence-electron chi connectivity index (χ1n) is 6.47. The van der Waals surface area contributed by atoms with Gasteiger partial charge in [-0.3, -0.25) is 4.79 Å². The molecular formula is C15H16N4O2. The van der Waals surface area contributed by atoms with Crippen LogP contribution in [0.15, 0.2) is 30.9 Å². The van der Waals surface area contributed by atoms with Crippen LogP contribution in [0.5, 0.6) is 0 Å². The van der Waals surface area contributed by atoms with Gasteiger partial charge in [0.1, 0.15) is 25.3 Å². The molecule has 0 radical (unpaired) electrons. The summed E-state index contributed by atoms with van der Waals surface area (Å²) in [6.45, 7) is 3.47. The topological polar surface area (TPSA) is 80.0 Å². The lowest BCUT2D eigenvalue weighted by atomic mass is 10.1. The second kappa shape index (κ2) is 6.68. The van der Waals surface area contributed by atoms with E-state index in [1.54, 1.807) is 13.0 Å². The summed E-state index contributed by atoms with van der Waals surface area (Å²) in [6.07, 6.45) is 2.88. The van der Waals surface area contributed by atoms with Crippen LogP contribution < -0.4 is 5.32 Å². The molecule has 1 aromatic carbocycles. The summed E-state index contributed by atoms with van der Waals surface area (Å²) in [7, 11) is 0. The van der Waals surface area contributed by atoms with E-state index >= 15 is 0 Å². The molecule has 0 saturated heterocycles. The molecule has 6 nitrogen and oxygen atoms in total. The number of hydrogen-bond donors (Lipinski definition) is 2. The van der Waals surface area contributed by atoms with Crippen molar-refractivity contribution < 1.29 is 9.90 Å². The molecule has 1 aromatic heterocycles. The van der Waals surface area contributed by atoms with Crippen molar-refractivity contribution in [3.05, 3.63) is 42.0 Å². The summed E-state index contributed by atoms with van der Waals surface area (Å²) >= 11 is 0. The molecule has 0 aliphatic rings. The molecule has 2 aromatic rings. The number of carbonyl (C=O) groups is 1. The zero-order valence-electron chi connectivity index (χ0n) is 11.9. The highest BCUT2D eigenvalue weighted by atomic mass is 16.2. The molecule has 0 aliphatic heterocycles. The van der Waals surface area contributed by atoms with E-state index in [1.165, 1.54) is 17.3 Å². The molecule has 1 unspecified atom stereocenters. The number of aliphatic hydroxyl groups is 1. The molecule has 1 atom stereocenters. The van der Waals surface area contributed by atoms with Gasteiger partial charge in [-0.2, -0.15) is 5.10 Å². The van der Waals surface area contributed by atoms with Crippen molar-refractivity contribution in [2.75, 3.05) is 11.9 Å². The lowest BCUT2D eigenvalue weighted by Gasteiger charge is -2.12. The largest absolute Gasteiger partial charge is 0.384 e. The van der Waals surface area contributed by atoms with Crippen molar-refractivity contribution in [1.29, 1.82) is 0 Å². The second-order valence-corrected chi connectivity index (χ2v) is 4.53. The van der Waals surface area contributed by atoms with E-state index in [2.05, 4.69) is 27.2 Å². The molecule has 0 bridgehead atoms. The number of nitrogens with zero attached hydrogens (tertiary/aromatic N) is 3. The lowest BCUT2D eigenvalue weighted by molar-refractivity contribution is -0.119. The fourth-order valence-corrected chi connectivity index (χ4v) is 1.75. The second-order valence-electron chi connectivity index (χ2n) is 4.53. The number of hydrogen-bond acceptors (Lipinski definition) is 4. The Kier molecular flexibility index (Phi) is 4.69. The summed E-state index contributed by atoms with van der Waals surface area (Å²) in [5, 5.41) is 15.5. The van der Waals surface area contributed by atoms with E-state index in [0.29, 0.717) is 5.69 Å². The average Bonchev–Trinajstić information content (AvgIpc) is 3.01. The Morgan fingerprint density at radius 3 is 3.00 bits per heavy atom. The van der Waals surface area contributed by atoms with Gasteiger partial charge in [0, 0.05) is 11.3 Å². The van der Waals surface area contributed by atoms with Crippen molar-refractivity contribution in [3.8, 4) is 11.8 Å². The summed E-state index contributed by atoms with van der Waals surface area (Å²) in [6, 6.07) is 5.01. The van der Waals surface area contributed by atoms with Gasteiger partial charge < -0.3 is 10.4 Å². The maximum Gasteiger partial charge on any atom is 0.249 e. The average molecular weight is 284 g/mol. The van der Waals surface area contributed by atoms with Gasteiger partial charge in [-0.25, -0.2) is 9.67 Å². The SMILES string of the molecule is Cc1ccc(NC(=O)C(C)n2cncn2)cc1C#CCO. The Morgan fingerprint density at radius 1 is 1.52 bits per heavy atom. The third kappa shape index (κ3) is 3.68. The van der Waals surface area contributed by atoms with Crippen LogP contribution in [0.4, 0.5) is 5.69 Å². The monoisotopic (exact) mass is 284 g/mol. The van der Waals surface area contributed by atoms with Gasteiger partial charge >= 0.3 is 0 Å². The predicted molar refractivity (Wildman–Crippen MR) is 78.5 cm³/mol. The Bertz CT molecular complexity index is 683. The number of aliphatic hydroxyl groups excluding tert-OH is 1. The number of aryl methyl sites for hydroxylation is 1. The molecule has 1 amide bonds. The zero-order valence-corrected chi connectivity index (χ0v) is 11.9. The molecule has 2 N–H and O–H groups in total. The van der Waals surface area contributed by atoms with Gasteiger partial charge in [0.05, 0.1) is 0 Å². The van der Waals surface area contributed by atoms with E-state index in [1.807, 2.05) is 19.1 Å². The highest BCUT2D eigenvalue weighted by Crippen LogP contribution is 2.16. The molecule has 1 heterocycles. The summed E-state index contributed by atoms with van der Waals surface area (Å²) < 4.78 is 1.48. The Hall–Kier alpha value is -2.65. The van der Waals surface area contributed by atoms with Crippen LogP contribution in [0, 0.1) is 18.8 Å². The molecule has 6 heteroatoms. The molecule has 0 saturated carbocycles. The van der Waals surface area contributed by atoms with Gasteiger partial charge in [0.2, 0.25) is 5.91 Å². The molecule has 2 rings (SSSR count). The Labute approximate surface area is 122 Å². The van der Waals surface area contributed by atoms with Crippen LogP contribution in [0.3, 0.4) is 0 Å². The normalized spacial score (nSPS) is 11.4. The minimum absolute atomic E-state index is 0.189. The maximum absolute atomic E-state index is 12.1. The van der Waals surface area contributed by atoms with Crippen molar-refractivity contribution in [2.24, 2.45) is 0 Å². The fraction of sp³-hybridized carbons (Fsp3) is 0.267. The first-order chi connectivity index (χ1) is 10.1. The summed E-state index contributed by atoms with van der Waals surface area (Å²) in [5.74, 6) is 5.27. The van der Waals surface area contributed by atoms with Gasteiger partial charge in [0.25, 0.3) is 0 Å². The van der Waals surface area contributed by atoms with Gasteiger partial charge in [-0.05, 0) is 31.5 Å². The van der Waals surface area contributed by atoms with Crippen LogP contribution in [-0.4, -0.2) is 32.4 Å². The summed E-state index contributed by atoms with van der Waals surface area (Å²) in [5.41, 5.74) is 2.41. The van der Waals surface area contributed by atoms with E-state index < -0.39 is 6.04 Å². The van der Waals surface area contributed by atoms with E-state index in [9.17, 15) is 4.79 Å². The Morgan fingerprint density at radius 2 is 2.33 bits per heavy atom. The Balaban J connectivity index is 2.14. The molecule has 108 valence electrons. The number of rotatable bonds is 3. The first kappa shape index (κ1) is 14.8. The quantitative estimate of drug-likeness (QED) is 0.828. The lowest BCUT2D eigenvalue weighted by Crippen LogP contribution is -2.24. The molecular weight excluding hydrogens is 268 g/mol. The van der Waals surface area contributed by atoms with Gasteiger partial charge in [0.15, 0.2) is 0 Å². The van der Waals surface area contributed by atoms with Gasteiger partial charge in [-0.1, -0.05) is 17.9 Å².